The number of nitrogens with one attached hydrogen (secondary N) is 3. The predicted molar refractivity (Wildman–Crippen MR) is 168 cm³/mol. The molecule has 17 nitrogen and oxygen atoms in total. The van der Waals surface area contributed by atoms with Crippen molar-refractivity contribution in [3.63, 3.8) is 0 Å². The number of carbonyl (C=O) groups excluding carboxylic acids is 1. The van der Waals surface area contributed by atoms with Gasteiger partial charge in [-0.1, -0.05) is 37.1 Å². The maximum atomic E-state index is 10.8. The highest BCUT2D eigenvalue weighted by molar-refractivity contribution is 9.09. The maximum Gasteiger partial charge on any atom is 0.271 e. The number of aromatic amines is 1. The highest BCUT2D eigenvalue weighted by atomic mass is 79.9. The van der Waals surface area contributed by atoms with Gasteiger partial charge < -0.3 is 62.2 Å². The average Bonchev–Trinajstić information content (AvgIpc) is 3.47. The van der Waals surface area contributed by atoms with Crippen LogP contribution in [0.4, 0.5) is 5.82 Å². The summed E-state index contributed by atoms with van der Waals surface area (Å²) in [7, 11) is 3.42. The van der Waals surface area contributed by atoms with Crippen molar-refractivity contribution in [2.45, 2.75) is 48.8 Å². The molecule has 0 aromatic carbocycles. The Labute approximate surface area is 276 Å². The van der Waals surface area contributed by atoms with E-state index in [-0.39, 0.29) is 35.3 Å². The number of aromatic nitrogens is 2. The summed E-state index contributed by atoms with van der Waals surface area (Å²) >= 11 is 16.7. The third kappa shape index (κ3) is 20.1. The molecule has 0 aliphatic carbocycles. The summed E-state index contributed by atoms with van der Waals surface area (Å²) in [4.78, 5) is 17.1. The summed E-state index contributed by atoms with van der Waals surface area (Å²) < 4.78 is 0. The molecule has 8 atom stereocenters. The van der Waals surface area contributed by atoms with E-state index in [1.54, 1.807) is 14.1 Å². The molecule has 0 saturated carbocycles. The highest BCUT2D eigenvalue weighted by Crippen LogP contribution is 2.13. The van der Waals surface area contributed by atoms with Gasteiger partial charge >= 0.3 is 0 Å². The van der Waals surface area contributed by atoms with Gasteiger partial charge in [0, 0.05) is 62.7 Å². The fourth-order valence-electron chi connectivity index (χ4n) is 2.65. The van der Waals surface area contributed by atoms with E-state index < -0.39 is 54.7 Å². The molecule has 1 aromatic heterocycles. The molecule has 0 aliphatic rings. The van der Waals surface area contributed by atoms with Gasteiger partial charge in [-0.2, -0.15) is 0 Å². The highest BCUT2D eigenvalue weighted by Gasteiger charge is 2.30. The number of imidazole rings is 1. The molecule has 0 bridgehead atoms. The summed E-state index contributed by atoms with van der Waals surface area (Å²) in [6.45, 7) is 1.15. The van der Waals surface area contributed by atoms with Gasteiger partial charge in [-0.05, 0) is 0 Å². The number of primary amides is 1. The summed E-state index contributed by atoms with van der Waals surface area (Å²) in [6.07, 6.45) is -8.70. The van der Waals surface area contributed by atoms with Crippen LogP contribution in [0.25, 0.3) is 0 Å². The van der Waals surface area contributed by atoms with Crippen LogP contribution in [0, 0.1) is 0 Å². The fraction of sp³-hybridized carbons (Fsp3) is 0.818. The monoisotopic (exact) mass is 792 g/mol. The van der Waals surface area contributed by atoms with Crippen LogP contribution in [0.5, 0.6) is 0 Å². The van der Waals surface area contributed by atoms with Gasteiger partial charge in [-0.3, -0.25) is 9.80 Å². The molecule has 43 heavy (non-hydrogen) atoms. The van der Waals surface area contributed by atoms with Crippen molar-refractivity contribution in [2.75, 3.05) is 62.7 Å². The summed E-state index contributed by atoms with van der Waals surface area (Å²) in [6, 6.07) is 0. The number of rotatable bonds is 19. The van der Waals surface area contributed by atoms with E-state index in [0.717, 1.165) is 0 Å². The van der Waals surface area contributed by atoms with Crippen LogP contribution in [0.1, 0.15) is 10.5 Å². The number of amides is 1. The Morgan fingerprint density at radius 1 is 0.884 bits per heavy atom. The van der Waals surface area contributed by atoms with E-state index in [9.17, 15) is 35.4 Å². The minimum atomic E-state index is -1.43. The Kier molecular flexibility index (Phi) is 27.3. The molecular weight excluding hydrogens is 751 g/mol. The largest absolute Gasteiger partial charge is 0.389 e. The number of H-pyrrole nitrogens is 1. The van der Waals surface area contributed by atoms with Crippen LogP contribution in [0.3, 0.4) is 0 Å². The van der Waals surface area contributed by atoms with E-state index in [1.165, 1.54) is 11.3 Å². The second-order valence-corrected chi connectivity index (χ2v) is 10.9. The van der Waals surface area contributed by atoms with Gasteiger partial charge in [0.05, 0.1) is 30.7 Å². The second kappa shape index (κ2) is 26.4. The zero-order valence-electron chi connectivity index (χ0n) is 23.7. The Bertz CT molecular complexity index is 835. The van der Waals surface area contributed by atoms with Crippen molar-refractivity contribution >= 4 is 66.8 Å². The lowest BCUT2D eigenvalue weighted by molar-refractivity contribution is -0.102. The van der Waals surface area contributed by atoms with Gasteiger partial charge in [-0.25, -0.2) is 4.98 Å². The molecule has 1 amide bonds. The standard InChI is InChI=1S/C10H22Cl2N2O4.C6H12Br2O4.C6H10N6O/c11-1-3-13-5-7(15)9(17)10(18)8(16)6-14-4-2-12;7-1-3(9)5(11)6(12)4(10)2-8;1-12(2)11-10-6-4(5(7)13)8-3-9-6/h7-10,13-18H,1-6H2;3-6,9-12H,1-2H2;3H,1-2H3,(H2,7,13)(H,8,9)/b;;11-10+/t7-,8-,9-,10-;;/m1../s1. The topological polar surface area (TPSA) is 286 Å². The summed E-state index contributed by atoms with van der Waals surface area (Å²) in [5.74, 6) is 0.405. The second-order valence-electron chi connectivity index (χ2n) is 8.83. The van der Waals surface area contributed by atoms with Crippen LogP contribution in [0.2, 0.25) is 0 Å². The Morgan fingerprint density at radius 2 is 1.28 bits per heavy atom. The van der Waals surface area contributed by atoms with Gasteiger partial charge in [0.25, 0.3) is 5.91 Å². The molecule has 21 heteroatoms. The Morgan fingerprint density at radius 3 is 1.60 bits per heavy atom. The summed E-state index contributed by atoms with van der Waals surface area (Å²) in [5, 5.41) is 89.6. The van der Waals surface area contributed by atoms with Crippen LogP contribution in [0.15, 0.2) is 16.7 Å². The van der Waals surface area contributed by atoms with E-state index in [4.69, 9.17) is 39.1 Å². The SMILES string of the molecule is CN(C)/N=N/c1[nH]cnc1C(N)=O.OC(CBr)C(O)C(O)C(O)CBr.O[C@@H]([C@H](O)[C@H](O)CNCCCl)[C@H](O)CNCCCl. The number of carbonyl (C=O) groups is 1. The summed E-state index contributed by atoms with van der Waals surface area (Å²) in [5.41, 5.74) is 5.12. The van der Waals surface area contributed by atoms with Gasteiger partial charge in [0.2, 0.25) is 0 Å². The quantitative estimate of drug-likeness (QED) is 0.0296. The van der Waals surface area contributed by atoms with E-state index in [2.05, 4.69) is 62.8 Å². The Balaban J connectivity index is 0. The normalized spacial score (nSPS) is 16.9. The van der Waals surface area contributed by atoms with Gasteiger partial charge in [0.15, 0.2) is 11.5 Å². The molecule has 13 N–H and O–H groups in total. The number of nitrogens with zero attached hydrogens (tertiary/aromatic N) is 4. The average molecular weight is 795 g/mol. The number of aliphatic hydroxyl groups is 8. The number of nitrogens with two attached hydrogens (primary N) is 1. The van der Waals surface area contributed by atoms with E-state index >= 15 is 0 Å². The lowest BCUT2D eigenvalue weighted by Crippen LogP contribution is -2.50. The fourth-order valence-corrected chi connectivity index (χ4v) is 3.68. The van der Waals surface area contributed by atoms with Gasteiger partial charge in [-0.15, -0.1) is 28.3 Å². The molecular formula is C22H44Br2Cl2N8O9. The van der Waals surface area contributed by atoms with E-state index in [0.29, 0.717) is 24.8 Å². The first-order valence-corrected chi connectivity index (χ1v) is 16.0. The third-order valence-corrected chi connectivity index (χ3v) is 6.72. The smallest absolute Gasteiger partial charge is 0.271 e. The minimum Gasteiger partial charge on any atom is -0.389 e. The van der Waals surface area contributed by atoms with Crippen LogP contribution >= 0.6 is 55.1 Å². The molecule has 0 saturated heterocycles. The molecule has 4 unspecified atom stereocenters. The van der Waals surface area contributed by atoms with Crippen molar-refractivity contribution < 1.29 is 45.6 Å². The first-order chi connectivity index (χ1) is 20.2. The molecule has 1 rings (SSSR count). The van der Waals surface area contributed by atoms with Crippen molar-refractivity contribution in [3.8, 4) is 0 Å². The van der Waals surface area contributed by atoms with Crippen molar-refractivity contribution in [1.82, 2.24) is 25.6 Å². The Hall–Kier alpha value is -0.780. The van der Waals surface area contributed by atoms with Crippen molar-refractivity contribution in [2.24, 2.45) is 16.1 Å². The molecule has 1 aromatic rings. The molecule has 254 valence electrons. The number of halogens is 4. The molecule has 0 fully saturated rings. The molecule has 0 aliphatic heterocycles. The van der Waals surface area contributed by atoms with Crippen molar-refractivity contribution in [3.05, 3.63) is 12.0 Å². The number of hydrogen-bond donors (Lipinski definition) is 12. The zero-order valence-corrected chi connectivity index (χ0v) is 28.4. The molecule has 0 radical (unpaired) electrons. The lowest BCUT2D eigenvalue weighted by Gasteiger charge is -2.26. The number of hydrogen-bond acceptors (Lipinski definition) is 14. The number of aliphatic hydroxyl groups excluding tert-OH is 8. The van der Waals surface area contributed by atoms with Crippen LogP contribution in [-0.4, -0.2) is 173 Å². The maximum absolute atomic E-state index is 10.8. The minimum absolute atomic E-state index is 0.0885. The van der Waals surface area contributed by atoms with E-state index in [1.807, 2.05) is 0 Å². The predicted octanol–water partition coefficient (Wildman–Crippen LogP) is -2.62. The molecule has 0 spiro atoms. The first-order valence-electron chi connectivity index (χ1n) is 12.7. The zero-order chi connectivity index (χ0) is 33.5. The lowest BCUT2D eigenvalue weighted by atomic mass is 10.0. The van der Waals surface area contributed by atoms with Crippen LogP contribution in [-0.2, 0) is 0 Å². The van der Waals surface area contributed by atoms with Crippen LogP contribution < -0.4 is 16.4 Å². The van der Waals surface area contributed by atoms with Crippen molar-refractivity contribution in [1.29, 1.82) is 0 Å². The van der Waals surface area contributed by atoms with Gasteiger partial charge in [0.1, 0.15) is 24.4 Å². The first kappa shape index (κ1) is 44.3. The number of alkyl halides is 4. The third-order valence-electron chi connectivity index (χ3n) is 5.02. The molecule has 1 heterocycles.